The Labute approximate surface area is 101 Å². The molecule has 0 fully saturated rings. The van der Waals surface area contributed by atoms with Crippen LogP contribution in [0.15, 0.2) is 18.2 Å². The molecule has 0 unspecified atom stereocenters. The molecule has 1 heterocycles. The van der Waals surface area contributed by atoms with Crippen LogP contribution >= 0.6 is 0 Å². The van der Waals surface area contributed by atoms with Crippen LogP contribution in [0.25, 0.3) is 0 Å². The average molecular weight is 234 g/mol. The van der Waals surface area contributed by atoms with Crippen LogP contribution in [0.2, 0.25) is 0 Å². The molecule has 1 aromatic carbocycles. The van der Waals surface area contributed by atoms with Crippen molar-refractivity contribution in [2.45, 2.75) is 33.1 Å². The number of aryl methyl sites for hydroxylation is 1. The molecule has 0 aromatic heterocycles. The lowest BCUT2D eigenvalue weighted by molar-refractivity contribution is -0.146. The summed E-state index contributed by atoms with van der Waals surface area (Å²) in [6, 6.07) is 6.05. The molecule has 1 aromatic rings. The Hall–Kier alpha value is -1.51. The maximum atomic E-state index is 11.1. The molecule has 3 nitrogen and oxygen atoms in total. The van der Waals surface area contributed by atoms with E-state index in [4.69, 9.17) is 9.84 Å². The first kappa shape index (κ1) is 12.0. The zero-order valence-corrected chi connectivity index (χ0v) is 10.3. The number of carboxylic acids is 1. The zero-order chi connectivity index (χ0) is 12.5. The van der Waals surface area contributed by atoms with Crippen molar-refractivity contribution in [1.29, 1.82) is 0 Å². The van der Waals surface area contributed by atoms with E-state index in [1.54, 1.807) is 13.8 Å². The van der Waals surface area contributed by atoms with Crippen molar-refractivity contribution in [3.8, 4) is 5.75 Å². The fraction of sp³-hybridized carbons (Fsp3) is 0.500. The lowest BCUT2D eigenvalue weighted by atomic mass is 9.85. The maximum absolute atomic E-state index is 11.1. The van der Waals surface area contributed by atoms with Crippen LogP contribution in [-0.2, 0) is 17.6 Å². The summed E-state index contributed by atoms with van der Waals surface area (Å²) in [5.41, 5.74) is 1.52. The van der Waals surface area contributed by atoms with Gasteiger partial charge in [-0.3, -0.25) is 4.79 Å². The summed E-state index contributed by atoms with van der Waals surface area (Å²) in [7, 11) is 0. The van der Waals surface area contributed by atoms with E-state index in [2.05, 4.69) is 6.07 Å². The van der Waals surface area contributed by atoms with E-state index in [1.165, 1.54) is 5.56 Å². The highest BCUT2D eigenvalue weighted by atomic mass is 16.5. The minimum Gasteiger partial charge on any atom is -0.493 e. The van der Waals surface area contributed by atoms with Gasteiger partial charge in [0.05, 0.1) is 12.0 Å². The average Bonchev–Trinajstić information content (AvgIpc) is 2.28. The van der Waals surface area contributed by atoms with E-state index in [0.717, 1.165) is 30.8 Å². The van der Waals surface area contributed by atoms with Crippen LogP contribution in [0, 0.1) is 5.41 Å². The summed E-state index contributed by atoms with van der Waals surface area (Å²) in [6.45, 7) is 4.25. The standard InChI is InChI=1S/C14H18O3/c1-14(2,13(15)16)9-10-5-6-11-4-3-7-17-12(11)8-10/h5-6,8H,3-4,7,9H2,1-2H3,(H,15,16). The minimum atomic E-state index is -0.767. The number of hydrogen-bond acceptors (Lipinski definition) is 2. The highest BCUT2D eigenvalue weighted by Crippen LogP contribution is 2.29. The summed E-state index contributed by atoms with van der Waals surface area (Å²) in [5, 5.41) is 9.11. The van der Waals surface area contributed by atoms with Crippen LogP contribution in [0.4, 0.5) is 0 Å². The Morgan fingerprint density at radius 3 is 2.94 bits per heavy atom. The van der Waals surface area contributed by atoms with Crippen LogP contribution in [-0.4, -0.2) is 17.7 Å². The van der Waals surface area contributed by atoms with Crippen molar-refractivity contribution in [2.24, 2.45) is 5.41 Å². The lowest BCUT2D eigenvalue weighted by Gasteiger charge is -2.22. The SMILES string of the molecule is CC(C)(Cc1ccc2c(c1)OCCC2)C(=O)O. The Bertz CT molecular complexity index is 435. The van der Waals surface area contributed by atoms with Crippen molar-refractivity contribution >= 4 is 5.97 Å². The van der Waals surface area contributed by atoms with Crippen molar-refractivity contribution in [1.82, 2.24) is 0 Å². The third kappa shape index (κ3) is 2.60. The van der Waals surface area contributed by atoms with Gasteiger partial charge in [0, 0.05) is 0 Å². The van der Waals surface area contributed by atoms with Crippen LogP contribution in [0.3, 0.4) is 0 Å². The molecule has 0 amide bonds. The van der Waals surface area contributed by atoms with E-state index in [0.29, 0.717) is 6.42 Å². The van der Waals surface area contributed by atoms with Crippen LogP contribution in [0.5, 0.6) is 5.75 Å². The second-order valence-electron chi connectivity index (χ2n) is 5.26. The number of hydrogen-bond donors (Lipinski definition) is 1. The molecular formula is C14H18O3. The van der Waals surface area contributed by atoms with Gasteiger partial charge in [-0.1, -0.05) is 12.1 Å². The Balaban J connectivity index is 2.20. The van der Waals surface area contributed by atoms with Crippen LogP contribution in [0.1, 0.15) is 31.4 Å². The van der Waals surface area contributed by atoms with Gasteiger partial charge in [-0.05, 0) is 50.3 Å². The van der Waals surface area contributed by atoms with Gasteiger partial charge < -0.3 is 9.84 Å². The zero-order valence-electron chi connectivity index (χ0n) is 10.3. The molecule has 0 saturated carbocycles. The predicted octanol–water partition coefficient (Wildman–Crippen LogP) is 2.66. The van der Waals surface area contributed by atoms with Crippen molar-refractivity contribution in [2.75, 3.05) is 6.61 Å². The molecule has 0 radical (unpaired) electrons. The second-order valence-corrected chi connectivity index (χ2v) is 5.26. The smallest absolute Gasteiger partial charge is 0.309 e. The Morgan fingerprint density at radius 1 is 1.47 bits per heavy atom. The number of fused-ring (bicyclic) bond motifs is 1. The highest BCUT2D eigenvalue weighted by Gasteiger charge is 2.27. The number of benzene rings is 1. The molecule has 0 aliphatic carbocycles. The number of rotatable bonds is 3. The largest absolute Gasteiger partial charge is 0.493 e. The van der Waals surface area contributed by atoms with Crippen molar-refractivity contribution in [3.05, 3.63) is 29.3 Å². The monoisotopic (exact) mass is 234 g/mol. The number of carboxylic acid groups (broad SMARTS) is 1. The third-order valence-corrected chi connectivity index (χ3v) is 3.20. The number of ether oxygens (including phenoxy) is 1. The molecule has 17 heavy (non-hydrogen) atoms. The summed E-state index contributed by atoms with van der Waals surface area (Å²) in [6.07, 6.45) is 2.64. The lowest BCUT2D eigenvalue weighted by Crippen LogP contribution is -2.26. The molecular weight excluding hydrogens is 216 g/mol. The van der Waals surface area contributed by atoms with E-state index in [9.17, 15) is 4.79 Å². The molecule has 0 saturated heterocycles. The van der Waals surface area contributed by atoms with Crippen LogP contribution < -0.4 is 4.74 Å². The summed E-state index contributed by atoms with van der Waals surface area (Å²) in [5.74, 6) is 0.158. The minimum absolute atomic E-state index is 0.527. The van der Waals surface area contributed by atoms with E-state index in [1.807, 2.05) is 12.1 Å². The highest BCUT2D eigenvalue weighted by molar-refractivity contribution is 5.74. The van der Waals surface area contributed by atoms with Gasteiger partial charge in [0.2, 0.25) is 0 Å². The number of aliphatic carboxylic acids is 1. The topological polar surface area (TPSA) is 46.5 Å². The van der Waals surface area contributed by atoms with Gasteiger partial charge in [-0.25, -0.2) is 0 Å². The quantitative estimate of drug-likeness (QED) is 0.874. The first-order valence-corrected chi connectivity index (χ1v) is 5.97. The molecule has 1 aliphatic heterocycles. The second kappa shape index (κ2) is 4.40. The normalized spacial score (nSPS) is 14.9. The van der Waals surface area contributed by atoms with E-state index in [-0.39, 0.29) is 0 Å². The molecule has 1 N–H and O–H groups in total. The fourth-order valence-electron chi connectivity index (χ4n) is 2.08. The van der Waals surface area contributed by atoms with Gasteiger partial charge in [0.25, 0.3) is 0 Å². The van der Waals surface area contributed by atoms with Gasteiger partial charge in [-0.15, -0.1) is 0 Å². The molecule has 0 spiro atoms. The molecule has 1 aliphatic rings. The Morgan fingerprint density at radius 2 is 2.24 bits per heavy atom. The van der Waals surface area contributed by atoms with E-state index < -0.39 is 11.4 Å². The van der Waals surface area contributed by atoms with Crippen molar-refractivity contribution < 1.29 is 14.6 Å². The molecule has 2 rings (SSSR count). The first-order valence-electron chi connectivity index (χ1n) is 5.97. The molecule has 3 heteroatoms. The summed E-state index contributed by atoms with van der Waals surface area (Å²) >= 11 is 0. The van der Waals surface area contributed by atoms with Crippen molar-refractivity contribution in [3.63, 3.8) is 0 Å². The van der Waals surface area contributed by atoms with E-state index >= 15 is 0 Å². The van der Waals surface area contributed by atoms with Gasteiger partial charge in [-0.2, -0.15) is 0 Å². The molecule has 0 bridgehead atoms. The van der Waals surface area contributed by atoms with Gasteiger partial charge in [0.1, 0.15) is 5.75 Å². The third-order valence-electron chi connectivity index (χ3n) is 3.20. The number of carbonyl (C=O) groups is 1. The molecule has 92 valence electrons. The fourth-order valence-corrected chi connectivity index (χ4v) is 2.08. The van der Waals surface area contributed by atoms with Gasteiger partial charge in [0.15, 0.2) is 0 Å². The Kier molecular flexibility index (Phi) is 3.09. The maximum Gasteiger partial charge on any atom is 0.309 e. The van der Waals surface area contributed by atoms with Gasteiger partial charge >= 0.3 is 5.97 Å². The summed E-state index contributed by atoms with van der Waals surface area (Å²) in [4.78, 5) is 11.1. The first-order chi connectivity index (χ1) is 7.99. The molecule has 0 atom stereocenters. The predicted molar refractivity (Wildman–Crippen MR) is 65.4 cm³/mol. The summed E-state index contributed by atoms with van der Waals surface area (Å²) < 4.78 is 5.59.